The third kappa shape index (κ3) is 8.05. The van der Waals surface area contributed by atoms with Crippen LogP contribution in [-0.4, -0.2) is 6.61 Å². The van der Waals surface area contributed by atoms with E-state index in [0.717, 1.165) is 43.6 Å². The summed E-state index contributed by atoms with van der Waals surface area (Å²) in [5.74, 6) is 1.87. The minimum atomic E-state index is -5.15. The highest BCUT2D eigenvalue weighted by molar-refractivity contribution is 5.52. The molecule has 0 bridgehead atoms. The molecule has 3 rings (SSSR count). The molecule has 1 nitrogen and oxygen atoms in total. The zero-order valence-corrected chi connectivity index (χ0v) is 22.7. The van der Waals surface area contributed by atoms with Crippen LogP contribution in [0.25, 0.3) is 0 Å². The maximum Gasteiger partial charge on any atom is 0.420 e. The van der Waals surface area contributed by atoms with Gasteiger partial charge in [0.05, 0.1) is 12.2 Å². The summed E-state index contributed by atoms with van der Waals surface area (Å²) >= 11 is 0. The first-order valence-electron chi connectivity index (χ1n) is 14.4. The minimum Gasteiger partial charge on any atom is -0.493 e. The van der Waals surface area contributed by atoms with Crippen molar-refractivity contribution in [3.8, 4) is 5.75 Å². The Morgan fingerprint density at radius 3 is 1.70 bits per heavy atom. The third-order valence-electron chi connectivity index (χ3n) is 8.96. The van der Waals surface area contributed by atoms with E-state index in [4.69, 9.17) is 4.74 Å². The average molecular weight is 535 g/mol. The van der Waals surface area contributed by atoms with Crippen LogP contribution < -0.4 is 4.74 Å². The van der Waals surface area contributed by atoms with Crippen molar-refractivity contribution in [3.63, 3.8) is 0 Å². The molecule has 2 aliphatic rings. The Balaban J connectivity index is 1.61. The van der Waals surface area contributed by atoms with Gasteiger partial charge in [-0.1, -0.05) is 58.3 Å². The van der Waals surface area contributed by atoms with Gasteiger partial charge in [0, 0.05) is 0 Å². The number of hydrogen-bond acceptors (Lipinski definition) is 1. The minimum absolute atomic E-state index is 0.00830. The van der Waals surface area contributed by atoms with E-state index in [1.54, 1.807) is 0 Å². The second-order valence-corrected chi connectivity index (χ2v) is 11.4. The van der Waals surface area contributed by atoms with E-state index in [0.29, 0.717) is 12.3 Å². The first-order valence-corrected chi connectivity index (χ1v) is 14.4. The summed E-state index contributed by atoms with van der Waals surface area (Å²) in [5, 5.41) is 0. The molecule has 0 spiro atoms. The molecule has 2 aliphatic carbocycles. The van der Waals surface area contributed by atoms with Gasteiger partial charge in [0.25, 0.3) is 0 Å². The summed E-state index contributed by atoms with van der Waals surface area (Å²) in [6.45, 7) is 5.03. The molecule has 0 atom stereocenters. The van der Waals surface area contributed by atoms with Gasteiger partial charge in [0.1, 0.15) is 11.3 Å². The largest absolute Gasteiger partial charge is 0.493 e. The Morgan fingerprint density at radius 1 is 0.730 bits per heavy atom. The number of ether oxygens (including phenoxy) is 1. The topological polar surface area (TPSA) is 9.23 Å². The van der Waals surface area contributed by atoms with Crippen LogP contribution in [0.15, 0.2) is 6.07 Å². The third-order valence-corrected chi connectivity index (χ3v) is 8.96. The van der Waals surface area contributed by atoms with Crippen LogP contribution in [-0.2, 0) is 18.8 Å². The number of aryl methyl sites for hydroxylation is 1. The number of alkyl halides is 6. The average Bonchev–Trinajstić information content (AvgIpc) is 2.83. The predicted molar refractivity (Wildman–Crippen MR) is 136 cm³/mol. The Bertz CT molecular complexity index is 843. The fourth-order valence-corrected chi connectivity index (χ4v) is 6.94. The molecule has 0 saturated heterocycles. The van der Waals surface area contributed by atoms with Crippen LogP contribution in [0.1, 0.15) is 120 Å². The SMILES string of the molecule is CCCCCC1CCC(C2CCC(CCc3c(C)cc(OCC)c(C(F)(F)F)c3C(F)(F)F)CC2)CC1. The van der Waals surface area contributed by atoms with Crippen molar-refractivity contribution in [2.45, 2.75) is 123 Å². The quantitative estimate of drug-likeness (QED) is 0.214. The number of halogens is 6. The van der Waals surface area contributed by atoms with E-state index >= 15 is 0 Å². The summed E-state index contributed by atoms with van der Waals surface area (Å²) in [4.78, 5) is 0. The summed E-state index contributed by atoms with van der Waals surface area (Å²) in [6, 6.07) is 1.13. The molecule has 1 aromatic carbocycles. The van der Waals surface area contributed by atoms with Crippen LogP contribution in [0, 0.1) is 30.6 Å². The lowest BCUT2D eigenvalue weighted by atomic mass is 9.68. The smallest absolute Gasteiger partial charge is 0.420 e. The van der Waals surface area contributed by atoms with Crippen LogP contribution in [0.3, 0.4) is 0 Å². The Morgan fingerprint density at radius 2 is 1.24 bits per heavy atom. The van der Waals surface area contributed by atoms with Crippen molar-refractivity contribution >= 4 is 0 Å². The number of rotatable bonds is 10. The molecule has 0 N–H and O–H groups in total. The van der Waals surface area contributed by atoms with E-state index in [2.05, 4.69) is 6.92 Å². The first-order chi connectivity index (χ1) is 17.5. The van der Waals surface area contributed by atoms with Crippen molar-refractivity contribution in [2.24, 2.45) is 23.7 Å². The fraction of sp³-hybridized carbons (Fsp3) is 0.800. The highest BCUT2D eigenvalue weighted by Gasteiger charge is 2.48. The molecule has 0 unspecified atom stereocenters. The summed E-state index contributed by atoms with van der Waals surface area (Å²) < 4.78 is 88.5. The van der Waals surface area contributed by atoms with Crippen LogP contribution in [0.5, 0.6) is 5.75 Å². The predicted octanol–water partition coefficient (Wildman–Crippen LogP) is 10.6. The Labute approximate surface area is 218 Å². The lowest BCUT2D eigenvalue weighted by molar-refractivity contribution is -0.163. The second kappa shape index (κ2) is 13.1. The second-order valence-electron chi connectivity index (χ2n) is 11.4. The molecule has 0 aromatic heterocycles. The molecule has 7 heteroatoms. The van der Waals surface area contributed by atoms with Crippen LogP contribution in [0.2, 0.25) is 0 Å². The van der Waals surface area contributed by atoms with Gasteiger partial charge in [-0.15, -0.1) is 0 Å². The van der Waals surface area contributed by atoms with E-state index in [1.807, 2.05) is 0 Å². The maximum atomic E-state index is 14.0. The van der Waals surface area contributed by atoms with Gasteiger partial charge in [0.15, 0.2) is 0 Å². The molecule has 212 valence electrons. The number of hydrogen-bond donors (Lipinski definition) is 0. The van der Waals surface area contributed by atoms with Crippen molar-refractivity contribution in [1.29, 1.82) is 0 Å². The van der Waals surface area contributed by atoms with Crippen molar-refractivity contribution in [3.05, 3.63) is 28.3 Å². The van der Waals surface area contributed by atoms with E-state index in [9.17, 15) is 26.3 Å². The lowest BCUT2D eigenvalue weighted by Crippen LogP contribution is -2.26. The monoisotopic (exact) mass is 534 g/mol. The van der Waals surface area contributed by atoms with Gasteiger partial charge in [-0.2, -0.15) is 26.3 Å². The normalized spacial score (nSPS) is 25.3. The molecular weight excluding hydrogens is 490 g/mol. The van der Waals surface area contributed by atoms with E-state index in [1.165, 1.54) is 65.2 Å². The van der Waals surface area contributed by atoms with Gasteiger partial charge in [-0.3, -0.25) is 0 Å². The molecule has 0 aliphatic heterocycles. The molecule has 0 amide bonds. The molecule has 0 radical (unpaired) electrons. The van der Waals surface area contributed by atoms with Crippen molar-refractivity contribution in [1.82, 2.24) is 0 Å². The highest BCUT2D eigenvalue weighted by Crippen LogP contribution is 2.49. The van der Waals surface area contributed by atoms with Crippen molar-refractivity contribution < 1.29 is 31.1 Å². The standard InChI is InChI=1S/C30H44F6O/c1-4-6-7-8-21-9-14-23(15-10-21)24-16-11-22(12-17-24)13-18-25-20(3)19-26(37-5-2)28(30(34,35)36)27(25)29(31,32)33/h19,21-24H,4-18H2,1-3H3. The van der Waals surface area contributed by atoms with Crippen LogP contribution in [0.4, 0.5) is 26.3 Å². The summed E-state index contributed by atoms with van der Waals surface area (Å²) in [6.07, 6.45) is 4.89. The maximum absolute atomic E-state index is 14.0. The van der Waals surface area contributed by atoms with Crippen LogP contribution >= 0.6 is 0 Å². The van der Waals surface area contributed by atoms with Gasteiger partial charge >= 0.3 is 12.4 Å². The molecule has 2 fully saturated rings. The van der Waals surface area contributed by atoms with E-state index < -0.39 is 29.2 Å². The molecule has 37 heavy (non-hydrogen) atoms. The highest BCUT2D eigenvalue weighted by atomic mass is 19.4. The molecule has 1 aromatic rings. The lowest BCUT2D eigenvalue weighted by Gasteiger charge is -2.38. The molecular formula is C30H44F6O. The first kappa shape index (κ1) is 30.1. The number of unbranched alkanes of at least 4 members (excludes halogenated alkanes) is 2. The zero-order chi connectivity index (χ0) is 27.2. The van der Waals surface area contributed by atoms with Gasteiger partial charge in [-0.25, -0.2) is 0 Å². The van der Waals surface area contributed by atoms with Crippen molar-refractivity contribution in [2.75, 3.05) is 6.61 Å². The summed E-state index contributed by atoms with van der Waals surface area (Å²) in [5.41, 5.74) is -3.26. The fourth-order valence-electron chi connectivity index (χ4n) is 6.94. The number of benzene rings is 1. The molecule has 0 heterocycles. The Kier molecular flexibility index (Phi) is 10.7. The van der Waals surface area contributed by atoms with E-state index in [-0.39, 0.29) is 30.1 Å². The molecule has 2 saturated carbocycles. The summed E-state index contributed by atoms with van der Waals surface area (Å²) in [7, 11) is 0. The van der Waals surface area contributed by atoms with Gasteiger partial charge in [0.2, 0.25) is 0 Å². The van der Waals surface area contributed by atoms with Gasteiger partial charge < -0.3 is 4.74 Å². The zero-order valence-electron chi connectivity index (χ0n) is 22.7. The Hall–Kier alpha value is -1.40. The van der Waals surface area contributed by atoms with Gasteiger partial charge in [-0.05, 0) is 93.2 Å².